The van der Waals surface area contributed by atoms with E-state index in [4.69, 9.17) is 9.15 Å². The summed E-state index contributed by atoms with van der Waals surface area (Å²) < 4.78 is 11.0. The summed E-state index contributed by atoms with van der Waals surface area (Å²) in [4.78, 5) is 0. The Kier molecular flexibility index (Phi) is 5.24. The van der Waals surface area contributed by atoms with Crippen LogP contribution in [-0.2, 0) is 0 Å². The Balaban J connectivity index is 2.19. The second kappa shape index (κ2) is 7.15. The highest BCUT2D eigenvalue weighted by Crippen LogP contribution is 2.30. The first-order chi connectivity index (χ1) is 9.80. The first-order valence-corrected chi connectivity index (χ1v) is 7.22. The van der Waals surface area contributed by atoms with Crippen LogP contribution in [0.5, 0.6) is 5.75 Å². The molecule has 0 aliphatic heterocycles. The summed E-state index contributed by atoms with van der Waals surface area (Å²) in [5.74, 6) is 1.92. The predicted octanol–water partition coefficient (Wildman–Crippen LogP) is 4.48. The van der Waals surface area contributed by atoms with Crippen molar-refractivity contribution in [1.29, 1.82) is 0 Å². The van der Waals surface area contributed by atoms with Crippen molar-refractivity contribution in [2.45, 2.75) is 38.8 Å². The number of rotatable bonds is 7. The molecule has 1 N–H and O–H groups in total. The van der Waals surface area contributed by atoms with Crippen molar-refractivity contribution in [2.75, 3.05) is 7.11 Å². The molecule has 2 atom stereocenters. The van der Waals surface area contributed by atoms with Crippen molar-refractivity contribution < 1.29 is 9.15 Å². The number of nitrogens with one attached hydrogen (secondary N) is 1. The fourth-order valence-electron chi connectivity index (χ4n) is 2.52. The van der Waals surface area contributed by atoms with Gasteiger partial charge in [0.2, 0.25) is 0 Å². The van der Waals surface area contributed by atoms with Crippen molar-refractivity contribution >= 4 is 0 Å². The number of para-hydroxylation sites is 1. The molecule has 1 aromatic carbocycles. The van der Waals surface area contributed by atoms with Gasteiger partial charge in [0.15, 0.2) is 0 Å². The molecule has 0 amide bonds. The topological polar surface area (TPSA) is 34.4 Å². The highest BCUT2D eigenvalue weighted by molar-refractivity contribution is 5.36. The predicted molar refractivity (Wildman–Crippen MR) is 80.9 cm³/mol. The Hall–Kier alpha value is -1.74. The number of furan rings is 1. The van der Waals surface area contributed by atoms with Crippen LogP contribution in [-0.4, -0.2) is 7.11 Å². The zero-order valence-corrected chi connectivity index (χ0v) is 12.4. The lowest BCUT2D eigenvalue weighted by Gasteiger charge is -2.24. The van der Waals surface area contributed by atoms with Crippen molar-refractivity contribution in [3.05, 3.63) is 54.0 Å². The Morgan fingerprint density at radius 3 is 2.40 bits per heavy atom. The number of hydrogen-bond acceptors (Lipinski definition) is 3. The lowest BCUT2D eigenvalue weighted by Crippen LogP contribution is -2.25. The maximum absolute atomic E-state index is 5.53. The molecule has 1 aromatic heterocycles. The SMILES string of the molecule is CCC(NC(CC)c1ccccc1OC)c1ccco1. The monoisotopic (exact) mass is 273 g/mol. The van der Waals surface area contributed by atoms with Crippen molar-refractivity contribution in [3.63, 3.8) is 0 Å². The molecule has 1 heterocycles. The largest absolute Gasteiger partial charge is 0.496 e. The van der Waals surface area contributed by atoms with Crippen LogP contribution in [0.1, 0.15) is 50.1 Å². The fraction of sp³-hybridized carbons (Fsp3) is 0.412. The number of benzene rings is 1. The number of hydrogen-bond donors (Lipinski definition) is 1. The van der Waals surface area contributed by atoms with Gasteiger partial charge < -0.3 is 14.5 Å². The molecule has 0 aliphatic rings. The molecule has 3 nitrogen and oxygen atoms in total. The smallest absolute Gasteiger partial charge is 0.123 e. The van der Waals surface area contributed by atoms with Gasteiger partial charge in [-0.2, -0.15) is 0 Å². The molecular weight excluding hydrogens is 250 g/mol. The van der Waals surface area contributed by atoms with Crippen molar-refractivity contribution in [1.82, 2.24) is 5.32 Å². The molecular formula is C17H23NO2. The zero-order chi connectivity index (χ0) is 14.4. The van der Waals surface area contributed by atoms with Gasteiger partial charge in [0.25, 0.3) is 0 Å². The molecule has 2 aromatic rings. The van der Waals surface area contributed by atoms with Gasteiger partial charge in [-0.3, -0.25) is 0 Å². The normalized spacial score (nSPS) is 13.9. The third-order valence-electron chi connectivity index (χ3n) is 3.62. The van der Waals surface area contributed by atoms with Crippen LogP contribution in [0.3, 0.4) is 0 Å². The first kappa shape index (κ1) is 14.7. The minimum absolute atomic E-state index is 0.222. The molecule has 0 spiro atoms. The van der Waals surface area contributed by atoms with Crippen LogP contribution < -0.4 is 10.1 Å². The van der Waals surface area contributed by atoms with E-state index in [2.05, 4.69) is 31.3 Å². The van der Waals surface area contributed by atoms with Gasteiger partial charge in [-0.15, -0.1) is 0 Å². The molecule has 0 fully saturated rings. The van der Waals surface area contributed by atoms with E-state index in [0.29, 0.717) is 0 Å². The van der Waals surface area contributed by atoms with Crippen LogP contribution in [0.25, 0.3) is 0 Å². The maximum atomic E-state index is 5.53. The lowest BCUT2D eigenvalue weighted by molar-refractivity contribution is 0.349. The Labute approximate surface area is 121 Å². The van der Waals surface area contributed by atoms with E-state index in [1.54, 1.807) is 13.4 Å². The Morgan fingerprint density at radius 2 is 1.80 bits per heavy atom. The molecule has 0 aliphatic carbocycles. The van der Waals surface area contributed by atoms with Gasteiger partial charge in [-0.05, 0) is 31.0 Å². The van der Waals surface area contributed by atoms with E-state index in [0.717, 1.165) is 24.4 Å². The third-order valence-corrected chi connectivity index (χ3v) is 3.62. The van der Waals surface area contributed by atoms with E-state index in [1.807, 2.05) is 24.3 Å². The Bertz CT molecular complexity index is 507. The Morgan fingerprint density at radius 1 is 1.05 bits per heavy atom. The molecule has 0 saturated heterocycles. The highest BCUT2D eigenvalue weighted by atomic mass is 16.5. The summed E-state index contributed by atoms with van der Waals surface area (Å²) in [6.07, 6.45) is 3.71. The summed E-state index contributed by atoms with van der Waals surface area (Å²) in [5.41, 5.74) is 1.20. The highest BCUT2D eigenvalue weighted by Gasteiger charge is 2.20. The maximum Gasteiger partial charge on any atom is 0.123 e. The molecule has 0 radical (unpaired) electrons. The second-order valence-electron chi connectivity index (χ2n) is 4.85. The average molecular weight is 273 g/mol. The third kappa shape index (κ3) is 3.23. The van der Waals surface area contributed by atoms with E-state index >= 15 is 0 Å². The molecule has 108 valence electrons. The van der Waals surface area contributed by atoms with Crippen LogP contribution >= 0.6 is 0 Å². The van der Waals surface area contributed by atoms with E-state index in [1.165, 1.54) is 5.56 Å². The van der Waals surface area contributed by atoms with E-state index < -0.39 is 0 Å². The minimum Gasteiger partial charge on any atom is -0.496 e. The fourth-order valence-corrected chi connectivity index (χ4v) is 2.52. The van der Waals surface area contributed by atoms with Crippen molar-refractivity contribution in [2.24, 2.45) is 0 Å². The van der Waals surface area contributed by atoms with Gasteiger partial charge >= 0.3 is 0 Å². The minimum atomic E-state index is 0.222. The molecule has 2 rings (SSSR count). The zero-order valence-electron chi connectivity index (χ0n) is 12.4. The standard InChI is InChI=1S/C17H23NO2/c1-4-14(13-9-6-7-10-16(13)19-3)18-15(5-2)17-11-8-12-20-17/h6-12,14-15,18H,4-5H2,1-3H3. The molecule has 20 heavy (non-hydrogen) atoms. The summed E-state index contributed by atoms with van der Waals surface area (Å²) in [6, 6.07) is 12.6. The summed E-state index contributed by atoms with van der Waals surface area (Å²) in [6.45, 7) is 4.34. The average Bonchev–Trinajstić information content (AvgIpc) is 3.03. The lowest BCUT2D eigenvalue weighted by atomic mass is 10.0. The number of methoxy groups -OCH3 is 1. The van der Waals surface area contributed by atoms with Gasteiger partial charge in [0, 0.05) is 11.6 Å². The number of ether oxygens (including phenoxy) is 1. The second-order valence-corrected chi connectivity index (χ2v) is 4.85. The van der Waals surface area contributed by atoms with Crippen molar-refractivity contribution in [3.8, 4) is 5.75 Å². The first-order valence-electron chi connectivity index (χ1n) is 7.22. The van der Waals surface area contributed by atoms with Gasteiger partial charge in [0.1, 0.15) is 11.5 Å². The van der Waals surface area contributed by atoms with Crippen LogP contribution in [0.2, 0.25) is 0 Å². The van der Waals surface area contributed by atoms with E-state index in [-0.39, 0.29) is 12.1 Å². The van der Waals surface area contributed by atoms with Gasteiger partial charge in [0.05, 0.1) is 19.4 Å². The molecule has 0 bridgehead atoms. The van der Waals surface area contributed by atoms with Crippen LogP contribution in [0.15, 0.2) is 47.1 Å². The summed E-state index contributed by atoms with van der Waals surface area (Å²) in [5, 5.41) is 3.67. The molecule has 2 unspecified atom stereocenters. The summed E-state index contributed by atoms with van der Waals surface area (Å²) >= 11 is 0. The van der Waals surface area contributed by atoms with Gasteiger partial charge in [-0.25, -0.2) is 0 Å². The van der Waals surface area contributed by atoms with E-state index in [9.17, 15) is 0 Å². The van der Waals surface area contributed by atoms with Gasteiger partial charge in [-0.1, -0.05) is 32.0 Å². The van der Waals surface area contributed by atoms with Crippen LogP contribution in [0, 0.1) is 0 Å². The van der Waals surface area contributed by atoms with Crippen LogP contribution in [0.4, 0.5) is 0 Å². The summed E-state index contributed by atoms with van der Waals surface area (Å²) in [7, 11) is 1.72. The molecule has 0 saturated carbocycles. The quantitative estimate of drug-likeness (QED) is 0.807. The molecule has 3 heteroatoms.